The molecule has 0 saturated heterocycles. The first-order chi connectivity index (χ1) is 9.91. The third kappa shape index (κ3) is 17.3. The number of nitrogens with one attached hydrogen (secondary N) is 4. The fraction of sp³-hybridized carbons (Fsp3) is 0.750. The standard InChI is InChI=1S/C16H34N4/c1-3-9-17-13-7-15-19-11-5-6-12-20-16-8-14-18-10-4-2/h3,5-6,17-20H,1,4,7-16H2,2H3. The fourth-order valence-corrected chi connectivity index (χ4v) is 1.72. The van der Waals surface area contributed by atoms with E-state index in [2.05, 4.69) is 46.9 Å². The van der Waals surface area contributed by atoms with E-state index in [9.17, 15) is 0 Å². The molecule has 0 aromatic carbocycles. The first-order valence-electron chi connectivity index (χ1n) is 8.00. The largest absolute Gasteiger partial charge is 0.317 e. The van der Waals surface area contributed by atoms with Crippen LogP contribution in [0.25, 0.3) is 0 Å². The summed E-state index contributed by atoms with van der Waals surface area (Å²) in [6.45, 7) is 14.1. The van der Waals surface area contributed by atoms with E-state index in [0.29, 0.717) is 0 Å². The molecule has 0 aliphatic rings. The monoisotopic (exact) mass is 282 g/mol. The highest BCUT2D eigenvalue weighted by atomic mass is 14.9. The summed E-state index contributed by atoms with van der Waals surface area (Å²) < 4.78 is 0. The molecule has 0 rings (SSSR count). The van der Waals surface area contributed by atoms with Gasteiger partial charge in [-0.2, -0.15) is 0 Å². The summed E-state index contributed by atoms with van der Waals surface area (Å²) in [5.41, 5.74) is 0. The van der Waals surface area contributed by atoms with Crippen LogP contribution in [0.4, 0.5) is 0 Å². The van der Waals surface area contributed by atoms with Crippen LogP contribution >= 0.6 is 0 Å². The number of hydrogen-bond acceptors (Lipinski definition) is 4. The van der Waals surface area contributed by atoms with Crippen LogP contribution < -0.4 is 21.3 Å². The molecule has 20 heavy (non-hydrogen) atoms. The molecular formula is C16H34N4. The van der Waals surface area contributed by atoms with Crippen molar-refractivity contribution in [2.24, 2.45) is 0 Å². The van der Waals surface area contributed by atoms with E-state index < -0.39 is 0 Å². The average molecular weight is 282 g/mol. The van der Waals surface area contributed by atoms with E-state index in [-0.39, 0.29) is 0 Å². The van der Waals surface area contributed by atoms with Gasteiger partial charge in [0, 0.05) is 19.6 Å². The molecule has 0 unspecified atom stereocenters. The van der Waals surface area contributed by atoms with Crippen LogP contribution in [0.2, 0.25) is 0 Å². The van der Waals surface area contributed by atoms with Crippen LogP contribution in [-0.4, -0.2) is 52.4 Å². The van der Waals surface area contributed by atoms with Crippen molar-refractivity contribution in [1.29, 1.82) is 0 Å². The Bertz CT molecular complexity index is 217. The van der Waals surface area contributed by atoms with Gasteiger partial charge >= 0.3 is 0 Å². The number of hydrogen-bond donors (Lipinski definition) is 4. The molecule has 4 N–H and O–H groups in total. The second kappa shape index (κ2) is 18.3. The molecule has 0 atom stereocenters. The van der Waals surface area contributed by atoms with E-state index in [4.69, 9.17) is 0 Å². The van der Waals surface area contributed by atoms with Crippen LogP contribution in [0.15, 0.2) is 24.8 Å². The van der Waals surface area contributed by atoms with Crippen LogP contribution in [0.1, 0.15) is 26.2 Å². The lowest BCUT2D eigenvalue weighted by atomic mass is 10.4. The molecule has 0 aromatic heterocycles. The maximum atomic E-state index is 3.67. The van der Waals surface area contributed by atoms with Gasteiger partial charge in [0.15, 0.2) is 0 Å². The third-order valence-corrected chi connectivity index (χ3v) is 2.82. The van der Waals surface area contributed by atoms with Crippen molar-refractivity contribution < 1.29 is 0 Å². The molecule has 0 amide bonds. The molecule has 0 aliphatic heterocycles. The molecule has 0 radical (unpaired) electrons. The van der Waals surface area contributed by atoms with Gasteiger partial charge in [0.05, 0.1) is 0 Å². The zero-order valence-electron chi connectivity index (χ0n) is 13.2. The number of rotatable bonds is 16. The van der Waals surface area contributed by atoms with Crippen LogP contribution in [-0.2, 0) is 0 Å². The predicted octanol–water partition coefficient (Wildman–Crippen LogP) is 1.28. The highest BCUT2D eigenvalue weighted by Crippen LogP contribution is 1.77. The Kier molecular flexibility index (Phi) is 17.7. The van der Waals surface area contributed by atoms with Gasteiger partial charge in [0.25, 0.3) is 0 Å². The summed E-state index contributed by atoms with van der Waals surface area (Å²) in [6, 6.07) is 0. The molecule has 0 heterocycles. The molecule has 4 nitrogen and oxygen atoms in total. The molecular weight excluding hydrogens is 248 g/mol. The highest BCUT2D eigenvalue weighted by Gasteiger charge is 1.87. The molecule has 0 spiro atoms. The predicted molar refractivity (Wildman–Crippen MR) is 90.3 cm³/mol. The van der Waals surface area contributed by atoms with E-state index >= 15 is 0 Å². The molecule has 0 aromatic rings. The molecule has 0 saturated carbocycles. The summed E-state index contributed by atoms with van der Waals surface area (Å²) >= 11 is 0. The smallest absolute Gasteiger partial charge is 0.0135 e. The Morgan fingerprint density at radius 2 is 1.20 bits per heavy atom. The van der Waals surface area contributed by atoms with Crippen molar-refractivity contribution in [1.82, 2.24) is 21.3 Å². The first-order valence-corrected chi connectivity index (χ1v) is 8.00. The zero-order valence-corrected chi connectivity index (χ0v) is 13.2. The van der Waals surface area contributed by atoms with E-state index in [1.165, 1.54) is 12.8 Å². The van der Waals surface area contributed by atoms with Gasteiger partial charge in [-0.1, -0.05) is 25.2 Å². The minimum absolute atomic E-state index is 0.902. The molecule has 0 aliphatic carbocycles. The van der Waals surface area contributed by atoms with Gasteiger partial charge in [-0.05, 0) is 52.0 Å². The highest BCUT2D eigenvalue weighted by molar-refractivity contribution is 4.85. The van der Waals surface area contributed by atoms with Crippen molar-refractivity contribution in [3.05, 3.63) is 24.8 Å². The first kappa shape index (κ1) is 19.3. The second-order valence-electron chi connectivity index (χ2n) is 4.83. The Morgan fingerprint density at radius 3 is 1.70 bits per heavy atom. The SMILES string of the molecule is C=CCNCCCNCC=CCNCCCNCCC. The van der Waals surface area contributed by atoms with Crippen molar-refractivity contribution in [2.75, 3.05) is 52.4 Å². The van der Waals surface area contributed by atoms with Gasteiger partial charge in [-0.25, -0.2) is 0 Å². The van der Waals surface area contributed by atoms with Crippen molar-refractivity contribution in [3.8, 4) is 0 Å². The minimum atomic E-state index is 0.902. The Labute approximate surface area is 125 Å². The minimum Gasteiger partial charge on any atom is -0.317 e. The van der Waals surface area contributed by atoms with Crippen LogP contribution in [0.3, 0.4) is 0 Å². The van der Waals surface area contributed by atoms with Crippen molar-refractivity contribution >= 4 is 0 Å². The quantitative estimate of drug-likeness (QED) is 0.254. The normalized spacial score (nSPS) is 11.2. The van der Waals surface area contributed by atoms with Gasteiger partial charge in [-0.15, -0.1) is 6.58 Å². The van der Waals surface area contributed by atoms with Gasteiger partial charge < -0.3 is 21.3 Å². The van der Waals surface area contributed by atoms with Crippen LogP contribution in [0, 0.1) is 0 Å². The third-order valence-electron chi connectivity index (χ3n) is 2.82. The lowest BCUT2D eigenvalue weighted by Gasteiger charge is -2.04. The molecule has 0 fully saturated rings. The summed E-state index contributed by atoms with van der Waals surface area (Å²) in [6.07, 6.45) is 9.85. The molecule has 118 valence electrons. The molecule has 0 bridgehead atoms. The Hall–Kier alpha value is -0.680. The van der Waals surface area contributed by atoms with Gasteiger partial charge in [-0.3, -0.25) is 0 Å². The second-order valence-corrected chi connectivity index (χ2v) is 4.83. The maximum Gasteiger partial charge on any atom is 0.0135 e. The van der Waals surface area contributed by atoms with E-state index in [1.807, 2.05) is 6.08 Å². The maximum absolute atomic E-state index is 3.67. The fourth-order valence-electron chi connectivity index (χ4n) is 1.72. The van der Waals surface area contributed by atoms with Crippen LogP contribution in [0.5, 0.6) is 0 Å². The topological polar surface area (TPSA) is 48.1 Å². The van der Waals surface area contributed by atoms with E-state index in [1.54, 1.807) is 0 Å². The zero-order chi connectivity index (χ0) is 14.7. The lowest BCUT2D eigenvalue weighted by Crippen LogP contribution is -2.23. The van der Waals surface area contributed by atoms with Gasteiger partial charge in [0.1, 0.15) is 0 Å². The van der Waals surface area contributed by atoms with Crippen molar-refractivity contribution in [2.45, 2.75) is 26.2 Å². The van der Waals surface area contributed by atoms with E-state index in [0.717, 1.165) is 58.8 Å². The van der Waals surface area contributed by atoms with Gasteiger partial charge in [0.2, 0.25) is 0 Å². The average Bonchev–Trinajstić information content (AvgIpc) is 2.47. The Balaban J connectivity index is 3.03. The summed E-state index contributed by atoms with van der Waals surface area (Å²) in [7, 11) is 0. The lowest BCUT2D eigenvalue weighted by molar-refractivity contribution is 0.608. The summed E-state index contributed by atoms with van der Waals surface area (Å²) in [4.78, 5) is 0. The van der Waals surface area contributed by atoms with Crippen molar-refractivity contribution in [3.63, 3.8) is 0 Å². The Morgan fingerprint density at radius 1 is 0.700 bits per heavy atom. The summed E-state index contributed by atoms with van der Waals surface area (Å²) in [5.74, 6) is 0. The summed E-state index contributed by atoms with van der Waals surface area (Å²) in [5, 5.41) is 13.5. The molecule has 4 heteroatoms.